The maximum atomic E-state index is 8.74. The molecule has 0 aliphatic carbocycles. The van der Waals surface area contributed by atoms with Gasteiger partial charge in [0.1, 0.15) is 0 Å². The molecule has 0 amide bonds. The minimum absolute atomic E-state index is 0.955. The van der Waals surface area contributed by atoms with Crippen molar-refractivity contribution in [3.63, 3.8) is 0 Å². The van der Waals surface area contributed by atoms with Crippen LogP contribution >= 0.6 is 7.26 Å². The molecule has 31 heavy (non-hydrogen) atoms. The standard InChI is InChI=1S/C25H55P.H2O4S/c1-5-8-11-14-17-20-23-26(4,24-21-18-15-12-9-6-2)25-22-19-16-13-10-7-3;1-5(2,3)4/h26H,5-25H2,1-4H3;(H2,1,2,3,4). The van der Waals surface area contributed by atoms with Crippen LogP contribution in [0.3, 0.4) is 0 Å². The smallest absolute Gasteiger partial charge is 0.264 e. The van der Waals surface area contributed by atoms with E-state index in [1.807, 2.05) is 0 Å². The maximum Gasteiger partial charge on any atom is 0.394 e. The molecule has 0 saturated carbocycles. The second-order valence-corrected chi connectivity index (χ2v) is 15.8. The zero-order valence-corrected chi connectivity index (χ0v) is 23.3. The molecule has 0 heterocycles. The summed E-state index contributed by atoms with van der Waals surface area (Å²) in [6.07, 6.45) is 31.4. The van der Waals surface area contributed by atoms with Crippen molar-refractivity contribution in [2.75, 3.05) is 25.2 Å². The molecular formula is C25H57O4PS. The predicted molar refractivity (Wildman–Crippen MR) is 143 cm³/mol. The van der Waals surface area contributed by atoms with Crippen molar-refractivity contribution in [3.05, 3.63) is 0 Å². The molecule has 0 aliphatic heterocycles. The number of rotatable bonds is 21. The van der Waals surface area contributed by atoms with E-state index in [1.54, 1.807) is 18.5 Å². The van der Waals surface area contributed by atoms with Gasteiger partial charge in [0.15, 0.2) is 0 Å². The normalized spacial score (nSPS) is 12.5. The van der Waals surface area contributed by atoms with Gasteiger partial charge in [-0.2, -0.15) is 8.42 Å². The first-order chi connectivity index (χ1) is 14.7. The molecule has 4 nitrogen and oxygen atoms in total. The second kappa shape index (κ2) is 23.5. The summed E-state index contributed by atoms with van der Waals surface area (Å²) >= 11 is 0. The van der Waals surface area contributed by atoms with Crippen LogP contribution in [0.2, 0.25) is 0 Å². The molecular weight excluding hydrogens is 427 g/mol. The first-order valence-corrected chi connectivity index (χ1v) is 17.9. The summed E-state index contributed by atoms with van der Waals surface area (Å²) in [5.74, 6) is 0. The zero-order valence-electron chi connectivity index (χ0n) is 21.5. The van der Waals surface area contributed by atoms with Crippen LogP contribution in [0, 0.1) is 0 Å². The van der Waals surface area contributed by atoms with Gasteiger partial charge in [0.2, 0.25) is 0 Å². The summed E-state index contributed by atoms with van der Waals surface area (Å²) in [5, 5.41) is 0. The van der Waals surface area contributed by atoms with Crippen LogP contribution in [0.1, 0.15) is 136 Å². The molecule has 0 aromatic carbocycles. The maximum absolute atomic E-state index is 8.74. The van der Waals surface area contributed by atoms with Gasteiger partial charge in [-0.3, -0.25) is 9.11 Å². The van der Waals surface area contributed by atoms with Crippen LogP contribution in [-0.2, 0) is 10.4 Å². The Labute approximate surface area is 196 Å². The number of hydrogen-bond donors (Lipinski definition) is 2. The predicted octanol–water partition coefficient (Wildman–Crippen LogP) is 8.79. The van der Waals surface area contributed by atoms with Crippen molar-refractivity contribution in [2.24, 2.45) is 0 Å². The summed E-state index contributed by atoms with van der Waals surface area (Å²) in [5.41, 5.74) is 0. The first kappa shape index (κ1) is 33.5. The third-order valence-electron chi connectivity index (χ3n) is 6.40. The van der Waals surface area contributed by atoms with E-state index >= 15 is 0 Å². The zero-order chi connectivity index (χ0) is 23.8. The fourth-order valence-electron chi connectivity index (χ4n) is 4.37. The molecule has 0 bridgehead atoms. The first-order valence-electron chi connectivity index (χ1n) is 13.4. The van der Waals surface area contributed by atoms with E-state index in [1.165, 1.54) is 116 Å². The fraction of sp³-hybridized carbons (Fsp3) is 1.00. The van der Waals surface area contributed by atoms with Gasteiger partial charge in [-0.1, -0.05) is 0 Å². The SMILES string of the molecule is CCCCCCCC[PH](C)(CCCCCCCC)CCCCCCCC.O=S(=O)(O)O. The Morgan fingerprint density at radius 2 is 0.677 bits per heavy atom. The molecule has 0 saturated heterocycles. The van der Waals surface area contributed by atoms with E-state index in [0.29, 0.717) is 0 Å². The van der Waals surface area contributed by atoms with E-state index in [2.05, 4.69) is 27.4 Å². The molecule has 6 heteroatoms. The Balaban J connectivity index is 0. The molecule has 0 radical (unpaired) electrons. The van der Waals surface area contributed by atoms with Crippen LogP contribution < -0.4 is 0 Å². The molecule has 0 fully saturated rings. The molecule has 0 spiro atoms. The fourth-order valence-corrected chi connectivity index (χ4v) is 8.43. The second-order valence-electron chi connectivity index (χ2n) is 9.81. The van der Waals surface area contributed by atoms with Gasteiger partial charge in [-0.05, 0) is 0 Å². The van der Waals surface area contributed by atoms with Crippen LogP contribution in [0.5, 0.6) is 0 Å². The van der Waals surface area contributed by atoms with E-state index in [0.717, 1.165) is 0 Å². The molecule has 2 N–H and O–H groups in total. The van der Waals surface area contributed by atoms with Gasteiger partial charge in [0.25, 0.3) is 0 Å². The van der Waals surface area contributed by atoms with Gasteiger partial charge < -0.3 is 0 Å². The summed E-state index contributed by atoms with van der Waals surface area (Å²) in [6.45, 7) is 9.73. The van der Waals surface area contributed by atoms with Gasteiger partial charge in [0.05, 0.1) is 0 Å². The number of hydrogen-bond acceptors (Lipinski definition) is 2. The van der Waals surface area contributed by atoms with Crippen molar-refractivity contribution in [1.82, 2.24) is 0 Å². The molecule has 192 valence electrons. The van der Waals surface area contributed by atoms with Crippen molar-refractivity contribution in [2.45, 2.75) is 136 Å². The van der Waals surface area contributed by atoms with Gasteiger partial charge >= 0.3 is 179 Å². The minimum Gasteiger partial charge on any atom is -0.264 e. The minimum atomic E-state index is -4.67. The van der Waals surface area contributed by atoms with Crippen molar-refractivity contribution >= 4 is 17.7 Å². The third kappa shape index (κ3) is 32.6. The van der Waals surface area contributed by atoms with Crippen molar-refractivity contribution in [1.29, 1.82) is 0 Å². The molecule has 0 atom stereocenters. The average molecular weight is 485 g/mol. The summed E-state index contributed by atoms with van der Waals surface area (Å²) in [4.78, 5) is 0. The van der Waals surface area contributed by atoms with E-state index in [-0.39, 0.29) is 0 Å². The quantitative estimate of drug-likeness (QED) is 0.0969. The van der Waals surface area contributed by atoms with E-state index in [9.17, 15) is 0 Å². The number of unbranched alkanes of at least 4 members (excludes halogenated alkanes) is 15. The van der Waals surface area contributed by atoms with Crippen LogP contribution in [-0.4, -0.2) is 42.7 Å². The van der Waals surface area contributed by atoms with E-state index in [4.69, 9.17) is 17.5 Å². The van der Waals surface area contributed by atoms with Crippen LogP contribution in [0.25, 0.3) is 0 Å². The van der Waals surface area contributed by atoms with E-state index < -0.39 is 17.7 Å². The molecule has 0 aromatic heterocycles. The topological polar surface area (TPSA) is 74.6 Å². The van der Waals surface area contributed by atoms with Crippen LogP contribution in [0.4, 0.5) is 0 Å². The Bertz CT molecular complexity index is 406. The van der Waals surface area contributed by atoms with Crippen molar-refractivity contribution < 1.29 is 17.5 Å². The summed E-state index contributed by atoms with van der Waals surface area (Å²) in [7, 11) is -5.62. The molecule has 0 aromatic rings. The Hall–Kier alpha value is 0.300. The Kier molecular flexibility index (Phi) is 25.3. The summed E-state index contributed by atoms with van der Waals surface area (Å²) in [6, 6.07) is 0. The monoisotopic (exact) mass is 484 g/mol. The van der Waals surface area contributed by atoms with Gasteiger partial charge in [0, 0.05) is 0 Å². The molecule has 0 unspecified atom stereocenters. The Morgan fingerprint density at radius 3 is 0.903 bits per heavy atom. The average Bonchev–Trinajstić information content (AvgIpc) is 2.69. The molecule has 0 rings (SSSR count). The van der Waals surface area contributed by atoms with Crippen LogP contribution in [0.15, 0.2) is 0 Å². The molecule has 0 aliphatic rings. The summed E-state index contributed by atoms with van der Waals surface area (Å²) < 4.78 is 31.6. The Morgan fingerprint density at radius 1 is 0.484 bits per heavy atom. The van der Waals surface area contributed by atoms with Gasteiger partial charge in [-0.25, -0.2) is 0 Å². The van der Waals surface area contributed by atoms with Gasteiger partial charge in [-0.15, -0.1) is 0 Å². The largest absolute Gasteiger partial charge is 0.394 e. The third-order valence-corrected chi connectivity index (χ3v) is 11.1. The van der Waals surface area contributed by atoms with Crippen molar-refractivity contribution in [3.8, 4) is 0 Å².